The largest absolute Gasteiger partial charge is 0.302 e. The van der Waals surface area contributed by atoms with Crippen LogP contribution in [0, 0.1) is 5.82 Å². The van der Waals surface area contributed by atoms with E-state index in [-0.39, 0.29) is 5.82 Å². The molecule has 90 valence electrons. The summed E-state index contributed by atoms with van der Waals surface area (Å²) in [6.45, 7) is 4.08. The van der Waals surface area contributed by atoms with Gasteiger partial charge in [-0.05, 0) is 43.8 Å². The number of halogens is 2. The highest BCUT2D eigenvalue weighted by Crippen LogP contribution is 2.16. The summed E-state index contributed by atoms with van der Waals surface area (Å²) in [6, 6.07) is 5.06. The molecule has 0 heterocycles. The van der Waals surface area contributed by atoms with E-state index in [2.05, 4.69) is 34.8 Å². The normalized spacial score (nSPS) is 11.1. The highest BCUT2D eigenvalue weighted by atomic mass is 79.9. The minimum Gasteiger partial charge on any atom is -0.302 e. The van der Waals surface area contributed by atoms with Crippen molar-refractivity contribution in [2.45, 2.75) is 32.7 Å². The van der Waals surface area contributed by atoms with Crippen molar-refractivity contribution in [2.24, 2.45) is 0 Å². The maximum atomic E-state index is 13.1. The van der Waals surface area contributed by atoms with Crippen LogP contribution in [0.3, 0.4) is 0 Å². The molecule has 1 aromatic carbocycles. The summed E-state index contributed by atoms with van der Waals surface area (Å²) in [4.78, 5) is 2.23. The van der Waals surface area contributed by atoms with Gasteiger partial charge in [-0.15, -0.1) is 0 Å². The summed E-state index contributed by atoms with van der Waals surface area (Å²) in [6.07, 6.45) is 3.71. The summed E-state index contributed by atoms with van der Waals surface area (Å²) in [5.74, 6) is -0.175. The first-order chi connectivity index (χ1) is 7.61. The highest BCUT2D eigenvalue weighted by Gasteiger charge is 2.03. The first-order valence-electron chi connectivity index (χ1n) is 5.75. The standard InChI is InChI=1S/C13H19BrFN/c1-3-4-5-6-16(2)10-11-7-12(14)9-13(15)8-11/h7-9H,3-6,10H2,1-2H3. The molecule has 0 unspecified atom stereocenters. The lowest BCUT2D eigenvalue weighted by Crippen LogP contribution is -2.19. The molecule has 3 heteroatoms. The number of nitrogens with zero attached hydrogens (tertiary/aromatic N) is 1. The number of rotatable bonds is 6. The van der Waals surface area contributed by atoms with E-state index >= 15 is 0 Å². The van der Waals surface area contributed by atoms with Crippen molar-refractivity contribution >= 4 is 15.9 Å². The van der Waals surface area contributed by atoms with Crippen LogP contribution in [0.2, 0.25) is 0 Å². The van der Waals surface area contributed by atoms with Crippen LogP contribution >= 0.6 is 15.9 Å². The van der Waals surface area contributed by atoms with Crippen LogP contribution in [0.4, 0.5) is 4.39 Å². The van der Waals surface area contributed by atoms with Crippen molar-refractivity contribution in [2.75, 3.05) is 13.6 Å². The fraction of sp³-hybridized carbons (Fsp3) is 0.538. The third-order valence-electron chi connectivity index (χ3n) is 2.52. The van der Waals surface area contributed by atoms with Gasteiger partial charge in [0.15, 0.2) is 0 Å². The molecule has 1 aromatic rings. The van der Waals surface area contributed by atoms with E-state index in [1.54, 1.807) is 6.07 Å². The predicted octanol–water partition coefficient (Wildman–Crippen LogP) is 4.21. The molecule has 0 amide bonds. The molecule has 1 rings (SSSR count). The Kier molecular flexibility index (Phi) is 5.99. The molecule has 0 aliphatic heterocycles. The molecule has 1 nitrogen and oxygen atoms in total. The highest BCUT2D eigenvalue weighted by molar-refractivity contribution is 9.10. The lowest BCUT2D eigenvalue weighted by molar-refractivity contribution is 0.317. The molecule has 0 N–H and O–H groups in total. The molecule has 0 bridgehead atoms. The summed E-state index contributed by atoms with van der Waals surface area (Å²) < 4.78 is 13.9. The van der Waals surface area contributed by atoms with E-state index in [1.165, 1.54) is 25.3 Å². The van der Waals surface area contributed by atoms with Crippen molar-refractivity contribution in [3.8, 4) is 0 Å². The van der Waals surface area contributed by atoms with Gasteiger partial charge in [-0.3, -0.25) is 0 Å². The van der Waals surface area contributed by atoms with Gasteiger partial charge in [0.2, 0.25) is 0 Å². The Morgan fingerprint density at radius 2 is 2.00 bits per heavy atom. The maximum absolute atomic E-state index is 13.1. The second-order valence-corrected chi connectivity index (χ2v) is 5.14. The molecule has 0 radical (unpaired) electrons. The molecule has 0 saturated heterocycles. The van der Waals surface area contributed by atoms with Gasteiger partial charge in [-0.1, -0.05) is 35.7 Å². The van der Waals surface area contributed by atoms with Crippen molar-refractivity contribution in [1.82, 2.24) is 4.90 Å². The molecule has 0 aromatic heterocycles. The zero-order chi connectivity index (χ0) is 12.0. The van der Waals surface area contributed by atoms with E-state index in [1.807, 2.05) is 6.07 Å². The zero-order valence-electron chi connectivity index (χ0n) is 9.97. The van der Waals surface area contributed by atoms with E-state index in [0.29, 0.717) is 0 Å². The second kappa shape index (κ2) is 7.02. The average molecular weight is 288 g/mol. The maximum Gasteiger partial charge on any atom is 0.124 e. The first-order valence-corrected chi connectivity index (χ1v) is 6.54. The van der Waals surface area contributed by atoms with Crippen LogP contribution in [0.5, 0.6) is 0 Å². The van der Waals surface area contributed by atoms with Crippen LogP contribution in [-0.4, -0.2) is 18.5 Å². The Balaban J connectivity index is 2.45. The van der Waals surface area contributed by atoms with Crippen molar-refractivity contribution in [1.29, 1.82) is 0 Å². The Bertz CT molecular complexity index is 307. The summed E-state index contributed by atoms with van der Waals surface area (Å²) in [5.41, 5.74) is 1.02. The molecule has 0 saturated carbocycles. The van der Waals surface area contributed by atoms with Gasteiger partial charge in [-0.2, -0.15) is 0 Å². The van der Waals surface area contributed by atoms with Gasteiger partial charge in [0.05, 0.1) is 0 Å². The zero-order valence-corrected chi connectivity index (χ0v) is 11.6. The Morgan fingerprint density at radius 3 is 2.62 bits per heavy atom. The Labute approximate surface area is 106 Å². The quantitative estimate of drug-likeness (QED) is 0.709. The van der Waals surface area contributed by atoms with Crippen LogP contribution < -0.4 is 0 Å². The summed E-state index contributed by atoms with van der Waals surface area (Å²) in [5, 5.41) is 0. The molecule has 0 fully saturated rings. The summed E-state index contributed by atoms with van der Waals surface area (Å²) >= 11 is 3.31. The van der Waals surface area contributed by atoms with Gasteiger partial charge in [0.25, 0.3) is 0 Å². The van der Waals surface area contributed by atoms with Crippen LogP contribution in [0.1, 0.15) is 31.7 Å². The lowest BCUT2D eigenvalue weighted by Gasteiger charge is -2.16. The van der Waals surface area contributed by atoms with Crippen molar-refractivity contribution < 1.29 is 4.39 Å². The van der Waals surface area contributed by atoms with Crippen molar-refractivity contribution in [3.63, 3.8) is 0 Å². The van der Waals surface area contributed by atoms with Crippen LogP contribution in [0.15, 0.2) is 22.7 Å². The number of hydrogen-bond acceptors (Lipinski definition) is 1. The fourth-order valence-corrected chi connectivity index (χ4v) is 2.24. The fourth-order valence-electron chi connectivity index (χ4n) is 1.72. The minimum atomic E-state index is -0.175. The van der Waals surface area contributed by atoms with Crippen molar-refractivity contribution in [3.05, 3.63) is 34.1 Å². The second-order valence-electron chi connectivity index (χ2n) is 4.22. The number of benzene rings is 1. The molecule has 0 spiro atoms. The monoisotopic (exact) mass is 287 g/mol. The molecule has 0 atom stereocenters. The lowest BCUT2D eigenvalue weighted by atomic mass is 10.2. The van der Waals surface area contributed by atoms with Gasteiger partial charge in [0, 0.05) is 11.0 Å². The average Bonchev–Trinajstić information content (AvgIpc) is 2.16. The molecule has 16 heavy (non-hydrogen) atoms. The van der Waals surface area contributed by atoms with E-state index < -0.39 is 0 Å². The minimum absolute atomic E-state index is 0.175. The summed E-state index contributed by atoms with van der Waals surface area (Å²) in [7, 11) is 2.08. The number of hydrogen-bond donors (Lipinski definition) is 0. The van der Waals surface area contributed by atoms with Crippen LogP contribution in [-0.2, 0) is 6.54 Å². The first kappa shape index (κ1) is 13.7. The Morgan fingerprint density at radius 1 is 1.25 bits per heavy atom. The third-order valence-corrected chi connectivity index (χ3v) is 2.98. The van der Waals surface area contributed by atoms with Gasteiger partial charge in [-0.25, -0.2) is 4.39 Å². The van der Waals surface area contributed by atoms with E-state index in [0.717, 1.165) is 23.1 Å². The predicted molar refractivity (Wildman–Crippen MR) is 70.0 cm³/mol. The molecule has 0 aliphatic rings. The van der Waals surface area contributed by atoms with E-state index in [4.69, 9.17) is 0 Å². The third kappa shape index (κ3) is 5.08. The molecule has 0 aliphatic carbocycles. The smallest absolute Gasteiger partial charge is 0.124 e. The SMILES string of the molecule is CCCCCN(C)Cc1cc(F)cc(Br)c1. The van der Waals surface area contributed by atoms with E-state index in [9.17, 15) is 4.39 Å². The molecular weight excluding hydrogens is 269 g/mol. The van der Waals surface area contributed by atoms with Gasteiger partial charge >= 0.3 is 0 Å². The number of unbranched alkanes of at least 4 members (excludes halogenated alkanes) is 2. The molecular formula is C13H19BrFN. The Hall–Kier alpha value is -0.410. The van der Waals surface area contributed by atoms with Gasteiger partial charge < -0.3 is 4.90 Å². The van der Waals surface area contributed by atoms with Gasteiger partial charge in [0.1, 0.15) is 5.82 Å². The topological polar surface area (TPSA) is 3.24 Å². The van der Waals surface area contributed by atoms with Crippen LogP contribution in [0.25, 0.3) is 0 Å².